The van der Waals surface area contributed by atoms with Gasteiger partial charge < -0.3 is 4.90 Å². The van der Waals surface area contributed by atoms with Crippen LogP contribution in [0.5, 0.6) is 0 Å². The van der Waals surface area contributed by atoms with Crippen LogP contribution in [0.15, 0.2) is 46.3 Å². The Morgan fingerprint density at radius 3 is 2.32 bits per heavy atom. The molecule has 0 aliphatic heterocycles. The molecule has 0 aliphatic carbocycles. The third-order valence-corrected chi connectivity index (χ3v) is 5.38. The van der Waals surface area contributed by atoms with Gasteiger partial charge in [-0.05, 0) is 61.7 Å². The van der Waals surface area contributed by atoms with Gasteiger partial charge in [0.1, 0.15) is 11.6 Å². The summed E-state index contributed by atoms with van der Waals surface area (Å²) in [5.41, 5.74) is 2.16. The smallest absolute Gasteiger partial charge is 0.274 e. The third kappa shape index (κ3) is 5.38. The van der Waals surface area contributed by atoms with Gasteiger partial charge in [-0.15, -0.1) is 11.8 Å². The zero-order chi connectivity index (χ0) is 20.8. The summed E-state index contributed by atoms with van der Waals surface area (Å²) >= 11 is 0.717. The number of hydrogen-bond acceptors (Lipinski definition) is 2. The topological polar surface area (TPSA) is 15.6 Å². The number of rotatable bonds is 7. The fourth-order valence-electron chi connectivity index (χ4n) is 2.51. The van der Waals surface area contributed by atoms with Crippen molar-refractivity contribution in [1.82, 2.24) is 4.90 Å². The number of benzene rings is 2. The summed E-state index contributed by atoms with van der Waals surface area (Å²) in [4.78, 5) is 6.03. The molecule has 0 heterocycles. The predicted molar refractivity (Wildman–Crippen MR) is 109 cm³/mol. The Labute approximate surface area is 167 Å². The Kier molecular flexibility index (Phi) is 7.69. The summed E-state index contributed by atoms with van der Waals surface area (Å²) in [6.07, 6.45) is -0.182. The first-order valence-electron chi connectivity index (χ1n) is 8.71. The molecule has 2 rings (SSSR count). The van der Waals surface area contributed by atoms with Gasteiger partial charge in [-0.3, -0.25) is 0 Å². The second-order valence-electron chi connectivity index (χ2n) is 6.35. The Morgan fingerprint density at radius 2 is 1.75 bits per heavy atom. The van der Waals surface area contributed by atoms with Crippen LogP contribution < -0.4 is 0 Å². The van der Waals surface area contributed by atoms with E-state index in [1.54, 1.807) is 32.3 Å². The zero-order valence-electron chi connectivity index (χ0n) is 16.2. The monoisotopic (exact) mass is 410 g/mol. The molecule has 2 aromatic carbocycles. The minimum atomic E-state index is -1.87. The molecule has 0 radical (unpaired) electrons. The lowest BCUT2D eigenvalue weighted by molar-refractivity contribution is 0.425. The van der Waals surface area contributed by atoms with Crippen LogP contribution in [0.2, 0.25) is 0 Å². The first-order chi connectivity index (χ1) is 13.2. The van der Waals surface area contributed by atoms with Crippen molar-refractivity contribution in [2.75, 3.05) is 19.3 Å². The van der Waals surface area contributed by atoms with Gasteiger partial charge in [0.2, 0.25) is 0 Å². The minimum Gasteiger partial charge on any atom is -0.366 e. The maximum absolute atomic E-state index is 13.8. The van der Waals surface area contributed by atoms with E-state index in [-0.39, 0.29) is 16.2 Å². The van der Waals surface area contributed by atoms with Crippen molar-refractivity contribution >= 4 is 29.4 Å². The summed E-state index contributed by atoms with van der Waals surface area (Å²) in [7, 11) is 1.89. The van der Waals surface area contributed by atoms with Crippen LogP contribution >= 0.6 is 11.8 Å². The van der Waals surface area contributed by atoms with E-state index < -0.39 is 17.7 Å². The Bertz CT molecular complexity index is 885. The molecule has 0 spiro atoms. The van der Waals surface area contributed by atoms with E-state index in [0.717, 1.165) is 24.2 Å². The number of halogens is 4. The lowest BCUT2D eigenvalue weighted by Crippen LogP contribution is -2.14. The third-order valence-electron chi connectivity index (χ3n) is 4.27. The standard InChI is InChI=1S/C21H22F4N2S/c1-5-27(4)12-26-19-10-13(2)15(9-14(19)3)16(21(24)25)11-28-20-17(22)7-6-8-18(20)23/h6-10,12H,5,11H2,1-4H3/b26-12-. The summed E-state index contributed by atoms with van der Waals surface area (Å²) < 4.78 is 54.9. The van der Waals surface area contributed by atoms with Crippen molar-refractivity contribution in [3.05, 3.63) is 64.7 Å². The van der Waals surface area contributed by atoms with Crippen LogP contribution in [0.25, 0.3) is 5.57 Å². The number of nitrogens with zero attached hydrogens (tertiary/aromatic N) is 2. The zero-order valence-corrected chi connectivity index (χ0v) is 17.0. The Balaban J connectivity index is 2.33. The SMILES string of the molecule is CCN(C)/C=N\c1cc(C)c(C(CSc2c(F)cccc2F)=C(F)F)cc1C. The van der Waals surface area contributed by atoms with E-state index >= 15 is 0 Å². The maximum Gasteiger partial charge on any atom is 0.274 e. The molecular weight excluding hydrogens is 388 g/mol. The molecular formula is C21H22F4N2S. The largest absolute Gasteiger partial charge is 0.366 e. The number of hydrogen-bond donors (Lipinski definition) is 0. The van der Waals surface area contributed by atoms with Crippen molar-refractivity contribution in [2.45, 2.75) is 25.7 Å². The molecule has 0 unspecified atom stereocenters. The average Bonchev–Trinajstić information content (AvgIpc) is 2.64. The molecule has 150 valence electrons. The lowest BCUT2D eigenvalue weighted by Gasteiger charge is -2.14. The molecule has 0 saturated heterocycles. The highest BCUT2D eigenvalue weighted by Gasteiger charge is 2.17. The molecule has 0 aliphatic rings. The Hall–Kier alpha value is -2.28. The highest BCUT2D eigenvalue weighted by molar-refractivity contribution is 7.99. The Morgan fingerprint density at radius 1 is 1.11 bits per heavy atom. The molecule has 2 aromatic rings. The predicted octanol–water partition coefficient (Wildman–Crippen LogP) is 6.59. The van der Waals surface area contributed by atoms with Crippen molar-refractivity contribution in [2.24, 2.45) is 4.99 Å². The second-order valence-corrected chi connectivity index (χ2v) is 7.34. The van der Waals surface area contributed by atoms with E-state index in [0.29, 0.717) is 28.6 Å². The van der Waals surface area contributed by atoms with E-state index in [4.69, 9.17) is 0 Å². The summed E-state index contributed by atoms with van der Waals surface area (Å²) in [6, 6.07) is 6.83. The fourth-order valence-corrected chi connectivity index (χ4v) is 3.47. The van der Waals surface area contributed by atoms with E-state index in [1.807, 2.05) is 18.9 Å². The second kappa shape index (κ2) is 9.78. The van der Waals surface area contributed by atoms with Crippen molar-refractivity contribution in [1.29, 1.82) is 0 Å². The van der Waals surface area contributed by atoms with Gasteiger partial charge in [-0.1, -0.05) is 6.07 Å². The quantitative estimate of drug-likeness (QED) is 0.221. The van der Waals surface area contributed by atoms with E-state index in [9.17, 15) is 17.6 Å². The molecule has 28 heavy (non-hydrogen) atoms. The highest BCUT2D eigenvalue weighted by atomic mass is 32.2. The first kappa shape index (κ1) is 22.0. The van der Waals surface area contributed by atoms with Crippen LogP contribution in [0, 0.1) is 25.5 Å². The van der Waals surface area contributed by atoms with Crippen LogP contribution in [-0.2, 0) is 0 Å². The van der Waals surface area contributed by atoms with Gasteiger partial charge in [0.15, 0.2) is 0 Å². The normalized spacial score (nSPS) is 11.1. The van der Waals surface area contributed by atoms with Gasteiger partial charge in [0.25, 0.3) is 6.08 Å². The van der Waals surface area contributed by atoms with Crippen LogP contribution in [-0.4, -0.2) is 30.6 Å². The number of thioether (sulfide) groups is 1. The molecule has 0 N–H and O–H groups in total. The molecule has 0 amide bonds. The molecule has 7 heteroatoms. The molecule has 0 fully saturated rings. The van der Waals surface area contributed by atoms with Crippen LogP contribution in [0.4, 0.5) is 23.2 Å². The van der Waals surface area contributed by atoms with Gasteiger partial charge >= 0.3 is 0 Å². The number of aryl methyl sites for hydroxylation is 2. The summed E-state index contributed by atoms with van der Waals surface area (Å²) in [5, 5.41) is 0. The van der Waals surface area contributed by atoms with Crippen molar-refractivity contribution < 1.29 is 17.6 Å². The average molecular weight is 410 g/mol. The summed E-state index contributed by atoms with van der Waals surface area (Å²) in [5.74, 6) is -1.77. The van der Waals surface area contributed by atoms with Gasteiger partial charge in [-0.2, -0.15) is 8.78 Å². The fraction of sp³-hybridized carbons (Fsp3) is 0.286. The molecule has 0 bridgehead atoms. The van der Waals surface area contributed by atoms with Crippen molar-refractivity contribution in [3.8, 4) is 0 Å². The molecule has 0 atom stereocenters. The maximum atomic E-state index is 13.8. The highest BCUT2D eigenvalue weighted by Crippen LogP contribution is 2.35. The van der Waals surface area contributed by atoms with E-state index in [1.165, 1.54) is 6.07 Å². The van der Waals surface area contributed by atoms with Gasteiger partial charge in [0.05, 0.1) is 16.9 Å². The van der Waals surface area contributed by atoms with E-state index in [2.05, 4.69) is 4.99 Å². The molecule has 2 nitrogen and oxygen atoms in total. The van der Waals surface area contributed by atoms with Crippen molar-refractivity contribution in [3.63, 3.8) is 0 Å². The van der Waals surface area contributed by atoms with Crippen LogP contribution in [0.1, 0.15) is 23.6 Å². The lowest BCUT2D eigenvalue weighted by atomic mass is 9.99. The van der Waals surface area contributed by atoms with Gasteiger partial charge in [-0.25, -0.2) is 13.8 Å². The minimum absolute atomic E-state index is 0.241. The summed E-state index contributed by atoms with van der Waals surface area (Å²) in [6.45, 7) is 6.29. The number of aliphatic imine (C=N–C) groups is 1. The molecule has 0 aromatic heterocycles. The van der Waals surface area contributed by atoms with Gasteiger partial charge in [0, 0.05) is 24.9 Å². The molecule has 0 saturated carbocycles. The van der Waals surface area contributed by atoms with Crippen LogP contribution in [0.3, 0.4) is 0 Å². The first-order valence-corrected chi connectivity index (χ1v) is 9.70.